The van der Waals surface area contributed by atoms with E-state index < -0.39 is 10.0 Å². The Bertz CT molecular complexity index is 505. The van der Waals surface area contributed by atoms with Gasteiger partial charge in [0.15, 0.2) is 0 Å². The van der Waals surface area contributed by atoms with Crippen molar-refractivity contribution >= 4 is 50.2 Å². The molecule has 0 aliphatic carbocycles. The summed E-state index contributed by atoms with van der Waals surface area (Å²) in [7, 11) is -3.55. The van der Waals surface area contributed by atoms with Crippen molar-refractivity contribution in [2.45, 2.75) is 18.1 Å². The quantitative estimate of drug-likeness (QED) is 0.845. The van der Waals surface area contributed by atoms with Crippen molar-refractivity contribution in [1.29, 1.82) is 0 Å². The van der Waals surface area contributed by atoms with E-state index in [1.165, 1.54) is 4.31 Å². The molecule has 1 heterocycles. The van der Waals surface area contributed by atoms with Gasteiger partial charge in [0.05, 0.1) is 15.9 Å². The number of likely N-dealkylation sites (N-methyl/N-ethyl adjacent to an activating group) is 1. The van der Waals surface area contributed by atoms with Crippen LogP contribution in [0.25, 0.3) is 0 Å². The zero-order valence-electron chi connectivity index (χ0n) is 9.44. The van der Waals surface area contributed by atoms with E-state index in [1.54, 1.807) is 19.9 Å². The highest BCUT2D eigenvalue weighted by atomic mass is 35.5. The molecule has 4 nitrogen and oxygen atoms in total. The largest absolute Gasteiger partial charge is 0.392 e. The average molecular weight is 313 g/mol. The highest BCUT2D eigenvalue weighted by Crippen LogP contribution is 2.31. The van der Waals surface area contributed by atoms with Gasteiger partial charge in [-0.2, -0.15) is 4.31 Å². The van der Waals surface area contributed by atoms with Crippen LogP contribution in [-0.4, -0.2) is 30.8 Å². The van der Waals surface area contributed by atoms with Crippen LogP contribution >= 0.6 is 35.2 Å². The van der Waals surface area contributed by atoms with Crippen molar-refractivity contribution < 1.29 is 8.42 Å². The van der Waals surface area contributed by atoms with Gasteiger partial charge in [-0.1, -0.05) is 30.7 Å². The molecule has 0 bridgehead atoms. The number of hydrogen-bond donors (Lipinski definition) is 1. The summed E-state index contributed by atoms with van der Waals surface area (Å²) in [5, 5.41) is 0. The highest BCUT2D eigenvalue weighted by Gasteiger charge is 2.26. The fraction of sp³-hybridized carbons (Fsp3) is 0.444. The van der Waals surface area contributed by atoms with E-state index in [9.17, 15) is 8.42 Å². The maximum Gasteiger partial charge on any atom is 0.252 e. The van der Waals surface area contributed by atoms with Crippen LogP contribution in [0.15, 0.2) is 10.3 Å². The Morgan fingerprint density at radius 3 is 2.59 bits per heavy atom. The lowest BCUT2D eigenvalue weighted by atomic mass is 10.4. The number of nitrogens with two attached hydrogens (primary N) is 1. The number of rotatable bonds is 5. The summed E-state index contributed by atoms with van der Waals surface area (Å²) in [5.41, 5.74) is 6.13. The lowest BCUT2D eigenvalue weighted by Crippen LogP contribution is -2.37. The van der Waals surface area contributed by atoms with Gasteiger partial charge in [0.25, 0.3) is 10.0 Å². The number of aryl methyl sites for hydroxylation is 1. The molecule has 96 valence electrons. The molecule has 0 saturated carbocycles. The van der Waals surface area contributed by atoms with Crippen LogP contribution in [0.5, 0.6) is 0 Å². The molecule has 0 amide bonds. The summed E-state index contributed by atoms with van der Waals surface area (Å²) in [4.78, 5) is 0.148. The van der Waals surface area contributed by atoms with Crippen molar-refractivity contribution in [3.05, 3.63) is 16.0 Å². The van der Waals surface area contributed by atoms with Crippen LogP contribution in [0.1, 0.15) is 12.5 Å². The monoisotopic (exact) mass is 312 g/mol. The standard InChI is InChI=1S/C9H13ClN2O2S3/c1-3-12(5-7(11)15)17(13,14)8-4-6(2)9(10)16-8/h4H,3,5H2,1-2H3,(H2,11,15). The van der Waals surface area contributed by atoms with Gasteiger partial charge in [0, 0.05) is 6.54 Å². The van der Waals surface area contributed by atoms with Crippen molar-refractivity contribution in [2.75, 3.05) is 13.1 Å². The van der Waals surface area contributed by atoms with Gasteiger partial charge >= 0.3 is 0 Å². The van der Waals surface area contributed by atoms with Gasteiger partial charge in [-0.05, 0) is 18.6 Å². The molecule has 2 N–H and O–H groups in total. The lowest BCUT2D eigenvalue weighted by Gasteiger charge is -2.18. The normalized spacial score (nSPS) is 12.0. The first-order valence-electron chi connectivity index (χ1n) is 4.83. The minimum Gasteiger partial charge on any atom is -0.392 e. The van der Waals surface area contributed by atoms with E-state index >= 15 is 0 Å². The molecule has 8 heteroatoms. The summed E-state index contributed by atoms with van der Waals surface area (Å²) < 4.78 is 26.4. The first kappa shape index (κ1) is 14.8. The Hall–Kier alpha value is -0.210. The Morgan fingerprint density at radius 1 is 1.65 bits per heavy atom. The molecule has 0 radical (unpaired) electrons. The molecule has 1 rings (SSSR count). The Morgan fingerprint density at radius 2 is 2.24 bits per heavy atom. The van der Waals surface area contributed by atoms with E-state index in [0.717, 1.165) is 16.9 Å². The van der Waals surface area contributed by atoms with Crippen LogP contribution in [-0.2, 0) is 10.0 Å². The molecule has 0 aliphatic rings. The van der Waals surface area contributed by atoms with E-state index in [1.807, 2.05) is 0 Å². The van der Waals surface area contributed by atoms with Crippen LogP contribution in [0.2, 0.25) is 4.34 Å². The molecule has 0 unspecified atom stereocenters. The van der Waals surface area contributed by atoms with E-state index in [-0.39, 0.29) is 15.7 Å². The average Bonchev–Trinajstić information content (AvgIpc) is 2.56. The fourth-order valence-electron chi connectivity index (χ4n) is 1.23. The van der Waals surface area contributed by atoms with Gasteiger partial charge in [-0.3, -0.25) is 0 Å². The van der Waals surface area contributed by atoms with Crippen LogP contribution in [0.4, 0.5) is 0 Å². The number of thiocarbonyl (C=S) groups is 1. The molecule has 17 heavy (non-hydrogen) atoms. The third kappa shape index (κ3) is 3.38. The fourth-order valence-corrected chi connectivity index (χ4v) is 4.75. The summed E-state index contributed by atoms with van der Waals surface area (Å²) >= 11 is 11.7. The second-order valence-corrected chi connectivity index (χ2v) is 7.76. The third-order valence-electron chi connectivity index (χ3n) is 2.11. The van der Waals surface area contributed by atoms with Crippen molar-refractivity contribution in [3.8, 4) is 0 Å². The first-order chi connectivity index (χ1) is 7.78. The van der Waals surface area contributed by atoms with E-state index in [0.29, 0.717) is 10.9 Å². The Labute approximate surface area is 115 Å². The van der Waals surface area contributed by atoms with Gasteiger partial charge < -0.3 is 5.73 Å². The Kier molecular flexibility index (Phi) is 4.91. The summed E-state index contributed by atoms with van der Waals surface area (Å²) in [6.45, 7) is 3.86. The van der Waals surface area contributed by atoms with Crippen LogP contribution < -0.4 is 5.73 Å². The van der Waals surface area contributed by atoms with Gasteiger partial charge in [0.1, 0.15) is 4.21 Å². The number of nitrogens with zero attached hydrogens (tertiary/aromatic N) is 1. The summed E-state index contributed by atoms with van der Waals surface area (Å²) in [5.74, 6) is 0. The molecule has 0 atom stereocenters. The number of sulfonamides is 1. The van der Waals surface area contributed by atoms with Gasteiger partial charge in [-0.25, -0.2) is 8.42 Å². The summed E-state index contributed by atoms with van der Waals surface area (Å²) in [6, 6.07) is 1.56. The molecule has 0 spiro atoms. The molecular formula is C9H13ClN2O2S3. The second-order valence-electron chi connectivity index (χ2n) is 3.42. The Balaban J connectivity index is 3.12. The molecule has 0 aliphatic heterocycles. The van der Waals surface area contributed by atoms with E-state index in [4.69, 9.17) is 29.6 Å². The van der Waals surface area contributed by atoms with Crippen molar-refractivity contribution in [1.82, 2.24) is 4.31 Å². The molecular weight excluding hydrogens is 300 g/mol. The maximum atomic E-state index is 12.2. The second kappa shape index (κ2) is 5.62. The smallest absolute Gasteiger partial charge is 0.252 e. The van der Waals surface area contributed by atoms with Gasteiger partial charge in [-0.15, -0.1) is 11.3 Å². The van der Waals surface area contributed by atoms with Gasteiger partial charge in [0.2, 0.25) is 0 Å². The molecule has 1 aromatic rings. The van der Waals surface area contributed by atoms with E-state index in [2.05, 4.69) is 0 Å². The van der Waals surface area contributed by atoms with Crippen LogP contribution in [0, 0.1) is 6.92 Å². The molecule has 0 saturated heterocycles. The highest BCUT2D eigenvalue weighted by molar-refractivity contribution is 7.91. The first-order valence-corrected chi connectivity index (χ1v) is 7.87. The zero-order chi connectivity index (χ0) is 13.2. The van der Waals surface area contributed by atoms with Crippen molar-refractivity contribution in [3.63, 3.8) is 0 Å². The maximum absolute atomic E-state index is 12.2. The molecule has 0 aromatic carbocycles. The number of thiophene rings is 1. The zero-order valence-corrected chi connectivity index (χ0v) is 12.6. The number of hydrogen-bond acceptors (Lipinski definition) is 4. The topological polar surface area (TPSA) is 63.4 Å². The molecule has 0 fully saturated rings. The minimum absolute atomic E-state index is 0.0444. The SMILES string of the molecule is CCN(CC(N)=S)S(=O)(=O)c1cc(C)c(Cl)s1. The third-order valence-corrected chi connectivity index (χ3v) is 6.17. The number of halogens is 1. The van der Waals surface area contributed by atoms with Crippen LogP contribution in [0.3, 0.4) is 0 Å². The predicted molar refractivity (Wildman–Crippen MR) is 75.3 cm³/mol. The van der Waals surface area contributed by atoms with Crippen molar-refractivity contribution in [2.24, 2.45) is 5.73 Å². The molecule has 1 aromatic heterocycles. The summed E-state index contributed by atoms with van der Waals surface area (Å²) in [6.07, 6.45) is 0. The predicted octanol–water partition coefficient (Wildman–Crippen LogP) is 2.01. The lowest BCUT2D eigenvalue weighted by molar-refractivity contribution is 0.469. The minimum atomic E-state index is -3.55.